The third-order valence-electron chi connectivity index (χ3n) is 3.12. The molecule has 1 N–H and O–H groups in total. The predicted molar refractivity (Wildman–Crippen MR) is 101 cm³/mol. The van der Waals surface area contributed by atoms with Crippen molar-refractivity contribution in [3.8, 4) is 5.75 Å². The minimum Gasteiger partial charge on any atom is -0.496 e. The van der Waals surface area contributed by atoms with Crippen LogP contribution in [0, 0.1) is 0 Å². The fraction of sp³-hybridized carbons (Fsp3) is 0.333. The molecule has 21 heavy (non-hydrogen) atoms. The molecule has 1 unspecified atom stereocenters. The molecule has 2 aromatic rings. The SMILES string of the molecule is CCNC(Cc1cc(Br)ccc1OC)c1cc(Br)c(Br)s1. The third kappa shape index (κ3) is 4.55. The first-order valence-corrected chi connectivity index (χ1v) is 9.75. The first kappa shape index (κ1) is 17.5. The molecule has 114 valence electrons. The number of nitrogens with one attached hydrogen (secondary N) is 1. The molecule has 0 aliphatic heterocycles. The summed E-state index contributed by atoms with van der Waals surface area (Å²) in [6.45, 7) is 3.05. The summed E-state index contributed by atoms with van der Waals surface area (Å²) in [5.74, 6) is 0.927. The Bertz CT molecular complexity index is 595. The van der Waals surface area contributed by atoms with Crippen molar-refractivity contribution in [2.45, 2.75) is 19.4 Å². The quantitative estimate of drug-likeness (QED) is 0.533. The van der Waals surface area contributed by atoms with E-state index in [2.05, 4.69) is 72.2 Å². The Labute approximate surface area is 154 Å². The highest BCUT2D eigenvalue weighted by Gasteiger charge is 2.17. The van der Waals surface area contributed by atoms with Crippen molar-refractivity contribution in [2.75, 3.05) is 13.7 Å². The number of rotatable bonds is 6. The first-order chi connectivity index (χ1) is 10.0. The molecule has 0 amide bonds. The average Bonchev–Trinajstić information content (AvgIpc) is 2.78. The number of thiophene rings is 1. The number of methoxy groups -OCH3 is 1. The van der Waals surface area contributed by atoms with Gasteiger partial charge < -0.3 is 10.1 Å². The number of hydrogen-bond acceptors (Lipinski definition) is 3. The molecule has 0 bridgehead atoms. The molecule has 1 heterocycles. The molecule has 0 spiro atoms. The lowest BCUT2D eigenvalue weighted by Crippen LogP contribution is -2.22. The summed E-state index contributed by atoms with van der Waals surface area (Å²) in [4.78, 5) is 1.30. The van der Waals surface area contributed by atoms with Gasteiger partial charge in [0.15, 0.2) is 0 Å². The second-order valence-corrected chi connectivity index (χ2v) is 8.71. The largest absolute Gasteiger partial charge is 0.496 e. The van der Waals surface area contributed by atoms with E-state index in [1.54, 1.807) is 18.4 Å². The highest BCUT2D eigenvalue weighted by atomic mass is 79.9. The van der Waals surface area contributed by atoms with E-state index >= 15 is 0 Å². The Hall–Kier alpha value is 0.120. The van der Waals surface area contributed by atoms with E-state index in [9.17, 15) is 0 Å². The standard InChI is InChI=1S/C15H16Br3NOS/c1-3-19-12(14-8-11(17)15(18)21-14)7-9-6-10(16)4-5-13(9)20-2/h4-6,8,12,19H,3,7H2,1-2H3. The topological polar surface area (TPSA) is 21.3 Å². The maximum absolute atomic E-state index is 5.48. The number of hydrogen-bond donors (Lipinski definition) is 1. The second-order valence-electron chi connectivity index (χ2n) is 4.54. The summed E-state index contributed by atoms with van der Waals surface area (Å²) in [6.07, 6.45) is 0.885. The molecule has 0 aliphatic carbocycles. The molecule has 1 aromatic heterocycles. The molecule has 0 radical (unpaired) electrons. The molecule has 1 atom stereocenters. The predicted octanol–water partition coefficient (Wildman–Crippen LogP) is 5.94. The molecule has 0 saturated carbocycles. The minimum atomic E-state index is 0.269. The van der Waals surface area contributed by atoms with Crippen molar-refractivity contribution in [1.29, 1.82) is 0 Å². The normalized spacial score (nSPS) is 12.4. The van der Waals surface area contributed by atoms with Gasteiger partial charge in [0.25, 0.3) is 0 Å². The van der Waals surface area contributed by atoms with Gasteiger partial charge in [-0.2, -0.15) is 0 Å². The molecule has 2 rings (SSSR count). The van der Waals surface area contributed by atoms with Gasteiger partial charge in [-0.1, -0.05) is 22.9 Å². The number of likely N-dealkylation sites (N-methyl/N-ethyl adjacent to an activating group) is 1. The van der Waals surface area contributed by atoms with Crippen LogP contribution in [-0.2, 0) is 6.42 Å². The highest BCUT2D eigenvalue weighted by Crippen LogP contribution is 2.37. The van der Waals surface area contributed by atoms with Crippen LogP contribution in [0.4, 0.5) is 0 Å². The zero-order valence-electron chi connectivity index (χ0n) is 11.8. The maximum atomic E-state index is 5.48. The monoisotopic (exact) mass is 495 g/mol. The van der Waals surface area contributed by atoms with E-state index in [1.807, 2.05) is 12.1 Å². The molecule has 0 saturated heterocycles. The summed E-state index contributed by atoms with van der Waals surface area (Å²) >= 11 is 12.4. The lowest BCUT2D eigenvalue weighted by Gasteiger charge is -2.18. The maximum Gasteiger partial charge on any atom is 0.122 e. The van der Waals surface area contributed by atoms with Gasteiger partial charge in [0.2, 0.25) is 0 Å². The van der Waals surface area contributed by atoms with Gasteiger partial charge in [-0.05, 0) is 74.7 Å². The summed E-state index contributed by atoms with van der Waals surface area (Å²) in [5.41, 5.74) is 1.19. The van der Waals surface area contributed by atoms with E-state index in [-0.39, 0.29) is 6.04 Å². The number of halogens is 3. The Morgan fingerprint density at radius 1 is 1.24 bits per heavy atom. The van der Waals surface area contributed by atoms with Crippen LogP contribution in [0.15, 0.2) is 37.0 Å². The van der Waals surface area contributed by atoms with Gasteiger partial charge >= 0.3 is 0 Å². The zero-order valence-corrected chi connectivity index (χ0v) is 17.3. The third-order valence-corrected chi connectivity index (χ3v) is 6.99. The minimum absolute atomic E-state index is 0.269. The fourth-order valence-corrected chi connectivity index (χ4v) is 4.76. The van der Waals surface area contributed by atoms with Crippen LogP contribution in [0.3, 0.4) is 0 Å². The summed E-state index contributed by atoms with van der Waals surface area (Å²) in [7, 11) is 1.72. The van der Waals surface area contributed by atoms with Crippen LogP contribution in [0.2, 0.25) is 0 Å². The van der Waals surface area contributed by atoms with Crippen LogP contribution in [0.1, 0.15) is 23.4 Å². The van der Waals surface area contributed by atoms with E-state index in [0.717, 1.165) is 31.4 Å². The van der Waals surface area contributed by atoms with E-state index in [1.165, 1.54) is 10.4 Å². The molecule has 2 nitrogen and oxygen atoms in total. The lowest BCUT2D eigenvalue weighted by atomic mass is 10.0. The van der Waals surface area contributed by atoms with Crippen LogP contribution in [0.5, 0.6) is 5.75 Å². The van der Waals surface area contributed by atoms with Crippen LogP contribution >= 0.6 is 59.1 Å². The van der Waals surface area contributed by atoms with Crippen molar-refractivity contribution in [3.63, 3.8) is 0 Å². The van der Waals surface area contributed by atoms with E-state index in [4.69, 9.17) is 4.74 Å². The average molecular weight is 498 g/mol. The lowest BCUT2D eigenvalue weighted by molar-refractivity contribution is 0.406. The van der Waals surface area contributed by atoms with Gasteiger partial charge in [0.05, 0.1) is 10.9 Å². The van der Waals surface area contributed by atoms with Crippen molar-refractivity contribution in [3.05, 3.63) is 47.4 Å². The van der Waals surface area contributed by atoms with Crippen molar-refractivity contribution < 1.29 is 4.74 Å². The molecule has 0 aliphatic rings. The fourth-order valence-electron chi connectivity index (χ4n) is 2.18. The highest BCUT2D eigenvalue weighted by molar-refractivity contribution is 9.13. The zero-order chi connectivity index (χ0) is 15.4. The smallest absolute Gasteiger partial charge is 0.122 e. The Balaban J connectivity index is 2.29. The summed E-state index contributed by atoms with van der Waals surface area (Å²) < 4.78 is 8.78. The number of benzene rings is 1. The van der Waals surface area contributed by atoms with Crippen molar-refractivity contribution in [1.82, 2.24) is 5.32 Å². The van der Waals surface area contributed by atoms with Gasteiger partial charge in [-0.25, -0.2) is 0 Å². The number of ether oxygens (including phenoxy) is 1. The molecular formula is C15H16Br3NOS. The van der Waals surface area contributed by atoms with Gasteiger partial charge in [0, 0.05) is 19.9 Å². The summed E-state index contributed by atoms with van der Waals surface area (Å²) in [5, 5.41) is 3.56. The van der Waals surface area contributed by atoms with E-state index in [0.29, 0.717) is 0 Å². The Morgan fingerprint density at radius 2 is 2.00 bits per heavy atom. The molecule has 6 heteroatoms. The van der Waals surface area contributed by atoms with Gasteiger partial charge in [0.1, 0.15) is 5.75 Å². The van der Waals surface area contributed by atoms with Gasteiger partial charge in [-0.3, -0.25) is 0 Å². The van der Waals surface area contributed by atoms with Crippen molar-refractivity contribution in [2.24, 2.45) is 0 Å². The first-order valence-electron chi connectivity index (χ1n) is 6.55. The van der Waals surface area contributed by atoms with Gasteiger partial charge in [-0.15, -0.1) is 11.3 Å². The Morgan fingerprint density at radius 3 is 2.57 bits per heavy atom. The molecule has 1 aromatic carbocycles. The molecule has 0 fully saturated rings. The second kappa shape index (κ2) is 8.11. The van der Waals surface area contributed by atoms with Crippen LogP contribution in [-0.4, -0.2) is 13.7 Å². The Kier molecular flexibility index (Phi) is 6.75. The van der Waals surface area contributed by atoms with Crippen LogP contribution < -0.4 is 10.1 Å². The van der Waals surface area contributed by atoms with Crippen LogP contribution in [0.25, 0.3) is 0 Å². The summed E-state index contributed by atoms with van der Waals surface area (Å²) in [6, 6.07) is 8.57. The van der Waals surface area contributed by atoms with Crippen molar-refractivity contribution >= 4 is 59.1 Å². The van der Waals surface area contributed by atoms with E-state index < -0.39 is 0 Å². The molecular weight excluding hydrogens is 482 g/mol.